The van der Waals surface area contributed by atoms with Crippen LogP contribution in [0.1, 0.15) is 15.9 Å². The van der Waals surface area contributed by atoms with Crippen molar-refractivity contribution < 1.29 is 9.90 Å². The van der Waals surface area contributed by atoms with E-state index in [9.17, 15) is 10.1 Å². The number of hydrogen-bond acceptors (Lipinski definition) is 4. The van der Waals surface area contributed by atoms with Gasteiger partial charge in [0.05, 0.1) is 22.3 Å². The van der Waals surface area contributed by atoms with Gasteiger partial charge in [-0.2, -0.15) is 5.26 Å². The van der Waals surface area contributed by atoms with E-state index in [2.05, 4.69) is 32.3 Å². The van der Waals surface area contributed by atoms with Gasteiger partial charge in [-0.1, -0.05) is 21.1 Å². The number of fused-ring (bicyclic) bond motifs is 1. The summed E-state index contributed by atoms with van der Waals surface area (Å²) in [5.74, 6) is -1.03. The number of aromatic nitrogens is 3. The number of hydrogen-bond donors (Lipinski definition) is 1. The fourth-order valence-corrected chi connectivity index (χ4v) is 2.35. The lowest BCUT2D eigenvalue weighted by Gasteiger charge is -2.05. The van der Waals surface area contributed by atoms with E-state index in [1.807, 2.05) is 0 Å². The van der Waals surface area contributed by atoms with Crippen molar-refractivity contribution in [2.75, 3.05) is 0 Å². The Morgan fingerprint density at radius 1 is 1.29 bits per heavy atom. The van der Waals surface area contributed by atoms with Crippen LogP contribution in [-0.2, 0) is 0 Å². The second-order valence-corrected chi connectivity index (χ2v) is 5.20. The third kappa shape index (κ3) is 2.26. The summed E-state index contributed by atoms with van der Waals surface area (Å²) < 4.78 is 2.25. The zero-order valence-electron chi connectivity index (χ0n) is 10.5. The van der Waals surface area contributed by atoms with Crippen molar-refractivity contribution in [3.05, 3.63) is 52.0 Å². The average molecular weight is 343 g/mol. The molecule has 0 bridgehead atoms. The number of benzene rings is 2. The topological polar surface area (TPSA) is 91.8 Å². The van der Waals surface area contributed by atoms with Gasteiger partial charge in [-0.05, 0) is 36.4 Å². The van der Waals surface area contributed by atoms with Crippen LogP contribution >= 0.6 is 15.9 Å². The van der Waals surface area contributed by atoms with Gasteiger partial charge in [-0.3, -0.25) is 0 Å². The minimum atomic E-state index is -1.03. The molecule has 0 aliphatic rings. The lowest BCUT2D eigenvalue weighted by atomic mass is 10.1. The van der Waals surface area contributed by atoms with Crippen LogP contribution in [0.15, 0.2) is 40.9 Å². The summed E-state index contributed by atoms with van der Waals surface area (Å²) >= 11 is 3.35. The first-order valence-corrected chi connectivity index (χ1v) is 6.68. The maximum atomic E-state index is 11.1. The molecule has 21 heavy (non-hydrogen) atoms. The molecule has 102 valence electrons. The molecule has 2 aromatic carbocycles. The first-order valence-electron chi connectivity index (χ1n) is 5.89. The Bertz CT molecular complexity index is 911. The molecular formula is C14H7BrN4O2. The molecule has 0 spiro atoms. The summed E-state index contributed by atoms with van der Waals surface area (Å²) in [5.41, 5.74) is 2.19. The number of rotatable bonds is 2. The Labute approximate surface area is 127 Å². The molecule has 3 rings (SSSR count). The summed E-state index contributed by atoms with van der Waals surface area (Å²) in [6.07, 6.45) is 0. The lowest BCUT2D eigenvalue weighted by Crippen LogP contribution is -2.01. The number of carboxylic acids is 1. The quantitative estimate of drug-likeness (QED) is 0.772. The Morgan fingerprint density at radius 3 is 2.81 bits per heavy atom. The highest BCUT2D eigenvalue weighted by atomic mass is 79.9. The third-order valence-electron chi connectivity index (χ3n) is 3.00. The normalized spacial score (nSPS) is 10.5. The molecule has 6 nitrogen and oxygen atoms in total. The summed E-state index contributed by atoms with van der Waals surface area (Å²) in [4.78, 5) is 11.1. The minimum Gasteiger partial charge on any atom is -0.478 e. The van der Waals surface area contributed by atoms with E-state index >= 15 is 0 Å². The number of aromatic carboxylic acids is 1. The van der Waals surface area contributed by atoms with Gasteiger partial charge >= 0.3 is 5.97 Å². The highest BCUT2D eigenvalue weighted by Gasteiger charge is 2.13. The number of halogens is 1. The Kier molecular flexibility index (Phi) is 3.16. The number of nitrogens with zero attached hydrogens (tertiary/aromatic N) is 4. The van der Waals surface area contributed by atoms with Gasteiger partial charge in [0.25, 0.3) is 0 Å². The molecule has 0 saturated heterocycles. The van der Waals surface area contributed by atoms with Crippen molar-refractivity contribution in [2.24, 2.45) is 0 Å². The molecular weight excluding hydrogens is 336 g/mol. The summed E-state index contributed by atoms with van der Waals surface area (Å²) in [6, 6.07) is 11.8. The Hall–Kier alpha value is -2.72. The van der Waals surface area contributed by atoms with Crippen LogP contribution in [0.5, 0.6) is 0 Å². The second kappa shape index (κ2) is 5.00. The summed E-state index contributed by atoms with van der Waals surface area (Å²) in [7, 11) is 0. The molecule has 0 fully saturated rings. The van der Waals surface area contributed by atoms with Crippen molar-refractivity contribution in [2.45, 2.75) is 0 Å². The SMILES string of the molecule is N#Cc1ccc(Br)cc1-n1nnc2ccc(C(=O)O)cc21. The predicted octanol–water partition coefficient (Wildman–Crippen LogP) is 2.75. The van der Waals surface area contributed by atoms with E-state index in [4.69, 9.17) is 5.11 Å². The molecule has 0 unspecified atom stereocenters. The molecule has 1 heterocycles. The lowest BCUT2D eigenvalue weighted by molar-refractivity contribution is 0.0697. The molecule has 1 aromatic heterocycles. The molecule has 7 heteroatoms. The molecule has 0 amide bonds. The molecule has 3 aromatic rings. The second-order valence-electron chi connectivity index (χ2n) is 4.28. The van der Waals surface area contributed by atoms with Crippen LogP contribution in [0.2, 0.25) is 0 Å². The van der Waals surface area contributed by atoms with Gasteiger partial charge < -0.3 is 5.11 Å². The average Bonchev–Trinajstić information content (AvgIpc) is 2.89. The third-order valence-corrected chi connectivity index (χ3v) is 3.49. The monoisotopic (exact) mass is 342 g/mol. The first-order chi connectivity index (χ1) is 10.1. The molecule has 0 radical (unpaired) electrons. The Morgan fingerprint density at radius 2 is 2.10 bits per heavy atom. The largest absolute Gasteiger partial charge is 0.478 e. The Balaban J connectivity index is 2.31. The van der Waals surface area contributed by atoms with Gasteiger partial charge in [-0.25, -0.2) is 9.48 Å². The predicted molar refractivity (Wildman–Crippen MR) is 78.2 cm³/mol. The number of nitriles is 1. The van der Waals surface area contributed by atoms with Gasteiger partial charge in [0.2, 0.25) is 0 Å². The maximum Gasteiger partial charge on any atom is 0.335 e. The summed E-state index contributed by atoms with van der Waals surface area (Å²) in [6.45, 7) is 0. The van der Waals surface area contributed by atoms with Crippen molar-refractivity contribution in [3.63, 3.8) is 0 Å². The van der Waals surface area contributed by atoms with Crippen LogP contribution in [-0.4, -0.2) is 26.1 Å². The molecule has 0 aliphatic heterocycles. The van der Waals surface area contributed by atoms with Gasteiger partial charge in [-0.15, -0.1) is 5.10 Å². The van der Waals surface area contributed by atoms with Crippen molar-refractivity contribution in [1.29, 1.82) is 5.26 Å². The fraction of sp³-hybridized carbons (Fsp3) is 0. The van der Waals surface area contributed by atoms with E-state index in [-0.39, 0.29) is 5.56 Å². The smallest absolute Gasteiger partial charge is 0.335 e. The number of carboxylic acid groups (broad SMARTS) is 1. The zero-order valence-corrected chi connectivity index (χ0v) is 12.1. The molecule has 0 atom stereocenters. The standard InChI is InChI=1S/C14H7BrN4O2/c15-10-3-1-9(7-16)12(6-10)19-13-5-8(14(20)21)2-4-11(13)17-18-19/h1-6H,(H,20,21). The van der Waals surface area contributed by atoms with E-state index in [1.165, 1.54) is 16.8 Å². The van der Waals surface area contributed by atoms with Crippen LogP contribution < -0.4 is 0 Å². The minimum absolute atomic E-state index is 0.138. The van der Waals surface area contributed by atoms with Crippen LogP contribution in [0.25, 0.3) is 16.7 Å². The zero-order chi connectivity index (χ0) is 15.0. The molecule has 0 saturated carbocycles. The number of carbonyl (C=O) groups is 1. The van der Waals surface area contributed by atoms with Crippen LogP contribution in [0.4, 0.5) is 0 Å². The van der Waals surface area contributed by atoms with E-state index < -0.39 is 5.97 Å². The van der Waals surface area contributed by atoms with Crippen LogP contribution in [0.3, 0.4) is 0 Å². The summed E-state index contributed by atoms with van der Waals surface area (Å²) in [5, 5.41) is 26.3. The van der Waals surface area contributed by atoms with Gasteiger partial charge in [0.15, 0.2) is 0 Å². The maximum absolute atomic E-state index is 11.1. The highest BCUT2D eigenvalue weighted by molar-refractivity contribution is 9.10. The van der Waals surface area contributed by atoms with Crippen molar-refractivity contribution >= 4 is 32.9 Å². The van der Waals surface area contributed by atoms with Gasteiger partial charge in [0, 0.05) is 4.47 Å². The van der Waals surface area contributed by atoms with E-state index in [0.29, 0.717) is 22.3 Å². The van der Waals surface area contributed by atoms with Gasteiger partial charge in [0.1, 0.15) is 11.6 Å². The molecule has 1 N–H and O–H groups in total. The van der Waals surface area contributed by atoms with E-state index in [0.717, 1.165) is 4.47 Å². The van der Waals surface area contributed by atoms with E-state index in [1.54, 1.807) is 24.3 Å². The first kappa shape index (κ1) is 13.3. The van der Waals surface area contributed by atoms with Crippen molar-refractivity contribution in [3.8, 4) is 11.8 Å². The molecule has 0 aliphatic carbocycles. The highest BCUT2D eigenvalue weighted by Crippen LogP contribution is 2.23. The van der Waals surface area contributed by atoms with Crippen molar-refractivity contribution in [1.82, 2.24) is 15.0 Å². The van der Waals surface area contributed by atoms with Crippen LogP contribution in [0, 0.1) is 11.3 Å². The fourth-order valence-electron chi connectivity index (χ4n) is 2.00.